The highest BCUT2D eigenvalue weighted by Gasteiger charge is 2.30. The van der Waals surface area contributed by atoms with Crippen LogP contribution in [-0.4, -0.2) is 88.9 Å². The summed E-state index contributed by atoms with van der Waals surface area (Å²) in [6.07, 6.45) is 2.70. The van der Waals surface area contributed by atoms with E-state index in [4.69, 9.17) is 28.4 Å². The van der Waals surface area contributed by atoms with Gasteiger partial charge in [-0.3, -0.25) is 9.78 Å². The van der Waals surface area contributed by atoms with E-state index in [-0.39, 0.29) is 30.0 Å². The molecule has 0 saturated carbocycles. The molecule has 1 aliphatic rings. The van der Waals surface area contributed by atoms with Crippen molar-refractivity contribution in [3.8, 4) is 17.2 Å². The smallest absolute Gasteiger partial charge is 0.410 e. The SMILES string of the molecule is CN(CC(Oc1cccnc1)c1ccc(OCC(=O)OC(C)(C)C)c(OCC(=O)OC(C)(C)C)c1)C(=O)c1cc2c(s1)CCN(C(=O)OC(C)(C)C)C2. The molecule has 3 heterocycles. The summed E-state index contributed by atoms with van der Waals surface area (Å²) in [4.78, 5) is 60.6. The summed E-state index contributed by atoms with van der Waals surface area (Å²) < 4.78 is 34.4. The Morgan fingerprint density at radius 3 is 2.06 bits per heavy atom. The largest absolute Gasteiger partial charge is 0.482 e. The van der Waals surface area contributed by atoms with Crippen molar-refractivity contribution in [3.63, 3.8) is 0 Å². The zero-order valence-electron chi connectivity index (χ0n) is 32.3. The van der Waals surface area contributed by atoms with E-state index in [9.17, 15) is 19.2 Å². The average Bonchev–Trinajstić information content (AvgIpc) is 3.47. The summed E-state index contributed by atoms with van der Waals surface area (Å²) in [6.45, 7) is 16.2. The molecule has 13 nitrogen and oxygen atoms in total. The first-order valence-electron chi connectivity index (χ1n) is 17.4. The Morgan fingerprint density at radius 1 is 0.849 bits per heavy atom. The molecule has 1 unspecified atom stereocenters. The van der Waals surface area contributed by atoms with Crippen molar-refractivity contribution in [2.75, 3.05) is 33.4 Å². The average molecular weight is 754 g/mol. The van der Waals surface area contributed by atoms with Crippen LogP contribution in [0, 0.1) is 0 Å². The first-order chi connectivity index (χ1) is 24.7. The highest BCUT2D eigenvalue weighted by Crippen LogP contribution is 2.34. The van der Waals surface area contributed by atoms with E-state index < -0.39 is 48.1 Å². The number of likely N-dealkylation sites (N-methyl/N-ethyl adjacent to an activating group) is 1. The van der Waals surface area contributed by atoms with E-state index in [1.165, 1.54) is 11.3 Å². The van der Waals surface area contributed by atoms with Gasteiger partial charge in [0.2, 0.25) is 0 Å². The highest BCUT2D eigenvalue weighted by atomic mass is 32.1. The molecule has 1 aromatic carbocycles. The monoisotopic (exact) mass is 753 g/mol. The number of carbonyl (C=O) groups is 4. The number of esters is 2. The fraction of sp³-hybridized carbons (Fsp3) is 0.513. The van der Waals surface area contributed by atoms with Crippen LogP contribution in [0.1, 0.15) is 94.1 Å². The molecule has 3 aromatic rings. The molecule has 288 valence electrons. The Labute approximate surface area is 315 Å². The Hall–Kier alpha value is -4.85. The second kappa shape index (κ2) is 16.9. The lowest BCUT2D eigenvalue weighted by Crippen LogP contribution is -2.39. The molecule has 0 radical (unpaired) electrons. The molecular weight excluding hydrogens is 703 g/mol. The predicted molar refractivity (Wildman–Crippen MR) is 198 cm³/mol. The van der Waals surface area contributed by atoms with E-state index in [1.54, 1.807) is 101 Å². The number of nitrogens with zero attached hydrogens (tertiary/aromatic N) is 3. The summed E-state index contributed by atoms with van der Waals surface area (Å²) >= 11 is 1.42. The molecule has 14 heteroatoms. The van der Waals surface area contributed by atoms with Crippen LogP contribution >= 0.6 is 11.3 Å². The number of thiophene rings is 1. The lowest BCUT2D eigenvalue weighted by atomic mass is 10.1. The number of aromatic nitrogens is 1. The van der Waals surface area contributed by atoms with Crippen LogP contribution in [0.15, 0.2) is 48.8 Å². The van der Waals surface area contributed by atoms with Crippen LogP contribution in [0.4, 0.5) is 4.79 Å². The molecule has 4 rings (SSSR count). The maximum absolute atomic E-state index is 13.9. The molecule has 1 aliphatic heterocycles. The Bertz CT molecular complexity index is 1760. The maximum atomic E-state index is 13.9. The number of pyridine rings is 1. The van der Waals surface area contributed by atoms with Gasteiger partial charge in [-0.1, -0.05) is 6.07 Å². The van der Waals surface area contributed by atoms with Crippen molar-refractivity contribution in [1.29, 1.82) is 0 Å². The molecule has 0 aliphatic carbocycles. The number of hydrogen-bond donors (Lipinski definition) is 0. The van der Waals surface area contributed by atoms with Crippen molar-refractivity contribution in [3.05, 3.63) is 69.7 Å². The number of rotatable bonds is 12. The normalized spacial score (nSPS) is 13.7. The van der Waals surface area contributed by atoms with Crippen LogP contribution in [0.25, 0.3) is 0 Å². The quantitative estimate of drug-likeness (QED) is 0.143. The number of fused-ring (bicyclic) bond motifs is 1. The van der Waals surface area contributed by atoms with Gasteiger partial charge < -0.3 is 38.2 Å². The van der Waals surface area contributed by atoms with Gasteiger partial charge in [0.1, 0.15) is 28.7 Å². The molecule has 2 aromatic heterocycles. The lowest BCUT2D eigenvalue weighted by molar-refractivity contribution is -0.158. The second-order valence-electron chi connectivity index (χ2n) is 15.6. The minimum Gasteiger partial charge on any atom is -0.482 e. The van der Waals surface area contributed by atoms with Crippen molar-refractivity contribution in [2.24, 2.45) is 0 Å². The molecule has 0 saturated heterocycles. The van der Waals surface area contributed by atoms with E-state index in [0.717, 1.165) is 10.4 Å². The number of benzene rings is 1. The third kappa shape index (κ3) is 13.0. The van der Waals surface area contributed by atoms with E-state index >= 15 is 0 Å². The highest BCUT2D eigenvalue weighted by molar-refractivity contribution is 7.14. The topological polar surface area (TPSA) is 143 Å². The van der Waals surface area contributed by atoms with Crippen LogP contribution in [-0.2, 0) is 36.8 Å². The van der Waals surface area contributed by atoms with Gasteiger partial charge in [-0.15, -0.1) is 11.3 Å². The standard InChI is InChI=1S/C39H51N3O10S/c1-37(2,3)50-33(43)23-47-28-14-13-25(18-29(28)48-24-34(44)51-38(4,5)6)30(49-27-12-11-16-40-20-27)22-41(10)35(45)32-19-26-21-42(17-15-31(26)53-32)36(46)52-39(7,8)9/h11-14,16,18-20,30H,15,17,21-24H2,1-10H3. The van der Waals surface area contributed by atoms with Gasteiger partial charge in [0.25, 0.3) is 5.91 Å². The zero-order valence-corrected chi connectivity index (χ0v) is 33.1. The van der Waals surface area contributed by atoms with Crippen molar-refractivity contribution in [1.82, 2.24) is 14.8 Å². The fourth-order valence-corrected chi connectivity index (χ4v) is 6.36. The number of ether oxygens (including phenoxy) is 6. The molecule has 1 atom stereocenters. The first kappa shape index (κ1) is 40.9. The number of amides is 2. The summed E-state index contributed by atoms with van der Waals surface area (Å²) in [6, 6.07) is 10.3. The summed E-state index contributed by atoms with van der Waals surface area (Å²) in [5.41, 5.74) is -0.527. The third-order valence-corrected chi connectivity index (χ3v) is 8.52. The van der Waals surface area contributed by atoms with Crippen LogP contribution in [0.5, 0.6) is 17.2 Å². The number of carbonyl (C=O) groups excluding carboxylic acids is 4. The summed E-state index contributed by atoms with van der Waals surface area (Å²) in [7, 11) is 1.69. The number of hydrogen-bond acceptors (Lipinski definition) is 12. The van der Waals surface area contributed by atoms with Gasteiger partial charge >= 0.3 is 18.0 Å². The Kier molecular flexibility index (Phi) is 13.0. The Balaban J connectivity index is 1.58. The second-order valence-corrected chi connectivity index (χ2v) is 16.8. The molecule has 0 spiro atoms. The maximum Gasteiger partial charge on any atom is 0.410 e. The van der Waals surface area contributed by atoms with E-state index in [0.29, 0.717) is 35.7 Å². The molecule has 0 bridgehead atoms. The van der Waals surface area contributed by atoms with E-state index in [2.05, 4.69) is 4.98 Å². The minimum absolute atomic E-state index is 0.115. The van der Waals surface area contributed by atoms with Gasteiger partial charge in [0, 0.05) is 24.7 Å². The van der Waals surface area contributed by atoms with Crippen LogP contribution in [0.3, 0.4) is 0 Å². The van der Waals surface area contributed by atoms with E-state index in [1.807, 2.05) is 26.8 Å². The Morgan fingerprint density at radius 2 is 1.47 bits per heavy atom. The molecule has 0 N–H and O–H groups in total. The van der Waals surface area contributed by atoms with Gasteiger partial charge in [0.05, 0.1) is 24.2 Å². The first-order valence-corrected chi connectivity index (χ1v) is 18.2. The minimum atomic E-state index is -0.728. The molecule has 0 fully saturated rings. The molecule has 2 amide bonds. The van der Waals surface area contributed by atoms with Crippen LogP contribution in [0.2, 0.25) is 0 Å². The predicted octanol–water partition coefficient (Wildman–Crippen LogP) is 6.77. The van der Waals surface area contributed by atoms with Crippen molar-refractivity contribution in [2.45, 2.75) is 98.2 Å². The fourth-order valence-electron chi connectivity index (χ4n) is 5.20. The van der Waals surface area contributed by atoms with Crippen molar-refractivity contribution < 1.29 is 47.6 Å². The third-order valence-electron chi connectivity index (χ3n) is 7.30. The van der Waals surface area contributed by atoms with Gasteiger partial charge in [0.15, 0.2) is 24.7 Å². The lowest BCUT2D eigenvalue weighted by Gasteiger charge is -2.29. The van der Waals surface area contributed by atoms with Crippen molar-refractivity contribution >= 4 is 35.3 Å². The van der Waals surface area contributed by atoms with Gasteiger partial charge in [-0.2, -0.15) is 0 Å². The molecular formula is C39H51N3O10S. The zero-order chi connectivity index (χ0) is 39.1. The summed E-state index contributed by atoms with van der Waals surface area (Å²) in [5, 5.41) is 0. The molecule has 53 heavy (non-hydrogen) atoms. The van der Waals surface area contributed by atoms with Crippen LogP contribution < -0.4 is 14.2 Å². The summed E-state index contributed by atoms with van der Waals surface area (Å²) in [5.74, 6) is -0.573. The van der Waals surface area contributed by atoms with Gasteiger partial charge in [-0.05, 0) is 110 Å². The van der Waals surface area contributed by atoms with Gasteiger partial charge in [-0.25, -0.2) is 14.4 Å².